The average Bonchev–Trinajstić information content (AvgIpc) is 2.96. The van der Waals surface area contributed by atoms with E-state index < -0.39 is 0 Å². The predicted molar refractivity (Wildman–Crippen MR) is 93.1 cm³/mol. The van der Waals surface area contributed by atoms with E-state index in [2.05, 4.69) is 54.5 Å². The number of hydrogen-bond acceptors (Lipinski definition) is 3. The zero-order valence-corrected chi connectivity index (χ0v) is 14.0. The molecule has 21 heavy (non-hydrogen) atoms. The maximum absolute atomic E-state index is 3.28. The van der Waals surface area contributed by atoms with Gasteiger partial charge in [0.05, 0.1) is 0 Å². The number of hydrogen-bond donors (Lipinski definition) is 1. The largest absolute Gasteiger partial charge is 0.320 e. The van der Waals surface area contributed by atoms with Crippen molar-refractivity contribution in [1.29, 1.82) is 0 Å². The fourth-order valence-electron chi connectivity index (χ4n) is 3.37. The highest BCUT2D eigenvalue weighted by molar-refractivity contribution is 7.19. The molecule has 0 bridgehead atoms. The highest BCUT2D eigenvalue weighted by atomic mass is 32.1. The molecule has 1 saturated heterocycles. The first-order valence-electron chi connectivity index (χ1n) is 8.15. The Morgan fingerprint density at radius 2 is 2.05 bits per heavy atom. The molecular weight excluding hydrogens is 276 g/mol. The van der Waals surface area contributed by atoms with Gasteiger partial charge in [-0.2, -0.15) is 0 Å². The third kappa shape index (κ3) is 3.47. The Morgan fingerprint density at radius 3 is 2.76 bits per heavy atom. The molecule has 1 aliphatic heterocycles. The molecule has 2 aromatic rings. The summed E-state index contributed by atoms with van der Waals surface area (Å²) in [5.41, 5.74) is 0. The summed E-state index contributed by atoms with van der Waals surface area (Å²) in [7, 11) is 2.05. The molecule has 1 fully saturated rings. The second-order valence-electron chi connectivity index (χ2n) is 6.23. The first kappa shape index (κ1) is 15.0. The summed E-state index contributed by atoms with van der Waals surface area (Å²) < 4.78 is 1.42. The van der Waals surface area contributed by atoms with Crippen molar-refractivity contribution in [3.8, 4) is 0 Å². The number of likely N-dealkylation sites (tertiary alicyclic amines) is 1. The van der Waals surface area contributed by atoms with Crippen molar-refractivity contribution in [3.05, 3.63) is 35.2 Å². The Morgan fingerprint density at radius 1 is 1.29 bits per heavy atom. The van der Waals surface area contributed by atoms with E-state index in [4.69, 9.17) is 0 Å². The van der Waals surface area contributed by atoms with Crippen LogP contribution in [0.4, 0.5) is 0 Å². The molecule has 114 valence electrons. The number of benzene rings is 1. The molecule has 0 aliphatic carbocycles. The number of nitrogens with zero attached hydrogens (tertiary/aromatic N) is 1. The van der Waals surface area contributed by atoms with Crippen LogP contribution in [0.1, 0.15) is 37.1 Å². The first-order chi connectivity index (χ1) is 10.3. The molecule has 0 spiro atoms. The first-order valence-corrected chi connectivity index (χ1v) is 8.96. The zero-order valence-electron chi connectivity index (χ0n) is 13.1. The van der Waals surface area contributed by atoms with E-state index in [-0.39, 0.29) is 0 Å². The highest BCUT2D eigenvalue weighted by Gasteiger charge is 2.24. The Bertz CT molecular complexity index is 536. The van der Waals surface area contributed by atoms with Crippen LogP contribution < -0.4 is 5.32 Å². The van der Waals surface area contributed by atoms with Crippen LogP contribution in [0.15, 0.2) is 30.3 Å². The highest BCUT2D eigenvalue weighted by Crippen LogP contribution is 2.34. The Labute approximate surface area is 132 Å². The van der Waals surface area contributed by atoms with Crippen LogP contribution >= 0.6 is 11.3 Å². The maximum Gasteiger partial charge on any atom is 0.0413 e. The van der Waals surface area contributed by atoms with Crippen LogP contribution in [-0.2, 0) is 0 Å². The Balaban J connectivity index is 1.62. The molecule has 2 nitrogen and oxygen atoms in total. The van der Waals surface area contributed by atoms with Crippen LogP contribution in [0.25, 0.3) is 10.1 Å². The maximum atomic E-state index is 3.28. The summed E-state index contributed by atoms with van der Waals surface area (Å²) in [6, 6.07) is 11.7. The van der Waals surface area contributed by atoms with Crippen molar-refractivity contribution in [3.63, 3.8) is 0 Å². The lowest BCUT2D eigenvalue weighted by molar-refractivity contribution is 0.139. The number of rotatable bonds is 5. The van der Waals surface area contributed by atoms with E-state index in [0.29, 0.717) is 6.04 Å². The third-order valence-corrected chi connectivity index (χ3v) is 6.14. The summed E-state index contributed by atoms with van der Waals surface area (Å²) in [6.45, 7) is 6.04. The predicted octanol–water partition coefficient (Wildman–Crippen LogP) is 4.28. The van der Waals surface area contributed by atoms with Crippen molar-refractivity contribution in [1.82, 2.24) is 10.2 Å². The molecule has 1 atom stereocenters. The minimum absolute atomic E-state index is 0.563. The van der Waals surface area contributed by atoms with Crippen LogP contribution in [-0.4, -0.2) is 31.6 Å². The molecular formula is C18H26N2S. The average molecular weight is 302 g/mol. The molecule has 0 amide bonds. The summed E-state index contributed by atoms with van der Waals surface area (Å²) in [6.07, 6.45) is 4.05. The minimum Gasteiger partial charge on any atom is -0.320 e. The summed E-state index contributed by atoms with van der Waals surface area (Å²) in [5.74, 6) is 0.920. The van der Waals surface area contributed by atoms with Crippen molar-refractivity contribution in [2.24, 2.45) is 5.92 Å². The van der Waals surface area contributed by atoms with Gasteiger partial charge < -0.3 is 5.32 Å². The van der Waals surface area contributed by atoms with Crippen molar-refractivity contribution < 1.29 is 0 Å². The van der Waals surface area contributed by atoms with E-state index >= 15 is 0 Å². The van der Waals surface area contributed by atoms with Crippen LogP contribution in [0, 0.1) is 5.92 Å². The van der Waals surface area contributed by atoms with Crippen LogP contribution in [0.5, 0.6) is 0 Å². The van der Waals surface area contributed by atoms with E-state index in [0.717, 1.165) is 12.5 Å². The van der Waals surface area contributed by atoms with Gasteiger partial charge in [-0.1, -0.05) is 18.2 Å². The topological polar surface area (TPSA) is 15.3 Å². The molecule has 1 aliphatic rings. The minimum atomic E-state index is 0.563. The van der Waals surface area contributed by atoms with E-state index in [9.17, 15) is 0 Å². The molecule has 1 aromatic carbocycles. The van der Waals surface area contributed by atoms with Gasteiger partial charge in [-0.15, -0.1) is 11.3 Å². The molecule has 1 unspecified atom stereocenters. The van der Waals surface area contributed by atoms with Gasteiger partial charge >= 0.3 is 0 Å². The summed E-state index contributed by atoms with van der Waals surface area (Å²) in [4.78, 5) is 4.19. The monoisotopic (exact) mass is 302 g/mol. The molecule has 0 saturated carbocycles. The molecule has 3 heteroatoms. The second-order valence-corrected chi connectivity index (χ2v) is 7.35. The molecule has 0 radical (unpaired) electrons. The van der Waals surface area contributed by atoms with Crippen molar-refractivity contribution in [2.45, 2.75) is 32.2 Å². The number of nitrogens with one attached hydrogen (secondary N) is 1. The smallest absolute Gasteiger partial charge is 0.0413 e. The third-order valence-electron chi connectivity index (χ3n) is 4.86. The van der Waals surface area contributed by atoms with Gasteiger partial charge in [0, 0.05) is 15.6 Å². The zero-order chi connectivity index (χ0) is 14.7. The van der Waals surface area contributed by atoms with Gasteiger partial charge in [-0.3, -0.25) is 4.90 Å². The lowest BCUT2D eigenvalue weighted by Crippen LogP contribution is -2.36. The summed E-state index contributed by atoms with van der Waals surface area (Å²) >= 11 is 1.96. The van der Waals surface area contributed by atoms with Gasteiger partial charge in [-0.05, 0) is 76.3 Å². The Hall–Kier alpha value is -0.900. The van der Waals surface area contributed by atoms with E-state index in [1.807, 2.05) is 11.3 Å². The SMILES string of the molecule is CNCCC1CCN(C(C)c2cc3ccccc3s2)CC1. The van der Waals surface area contributed by atoms with Gasteiger partial charge in [-0.25, -0.2) is 0 Å². The van der Waals surface area contributed by atoms with Crippen molar-refractivity contribution in [2.75, 3.05) is 26.7 Å². The van der Waals surface area contributed by atoms with Crippen LogP contribution in [0.3, 0.4) is 0 Å². The van der Waals surface area contributed by atoms with E-state index in [1.165, 1.54) is 47.3 Å². The molecule has 1 N–H and O–H groups in total. The number of thiophene rings is 1. The molecule has 3 rings (SSSR count). The normalized spacial score (nSPS) is 19.1. The quantitative estimate of drug-likeness (QED) is 0.886. The Kier molecular flexibility index (Phi) is 4.94. The molecule has 1 aromatic heterocycles. The molecule has 2 heterocycles. The van der Waals surface area contributed by atoms with Gasteiger partial charge in [0.15, 0.2) is 0 Å². The second kappa shape index (κ2) is 6.91. The fraction of sp³-hybridized carbons (Fsp3) is 0.556. The van der Waals surface area contributed by atoms with Crippen molar-refractivity contribution >= 4 is 21.4 Å². The van der Waals surface area contributed by atoms with Gasteiger partial charge in [0.2, 0.25) is 0 Å². The standard InChI is InChI=1S/C18H26N2S/c1-14(18-13-16-5-3-4-6-17(16)21-18)20-11-8-15(9-12-20)7-10-19-2/h3-6,13-15,19H,7-12H2,1-2H3. The number of piperidine rings is 1. The van der Waals surface area contributed by atoms with E-state index in [1.54, 1.807) is 0 Å². The fourth-order valence-corrected chi connectivity index (χ4v) is 4.52. The van der Waals surface area contributed by atoms with Crippen LogP contribution in [0.2, 0.25) is 0 Å². The lowest BCUT2D eigenvalue weighted by Gasteiger charge is -2.35. The lowest BCUT2D eigenvalue weighted by atomic mass is 9.92. The van der Waals surface area contributed by atoms with Gasteiger partial charge in [0.25, 0.3) is 0 Å². The van der Waals surface area contributed by atoms with Gasteiger partial charge in [0.1, 0.15) is 0 Å². The summed E-state index contributed by atoms with van der Waals surface area (Å²) in [5, 5.41) is 4.67. The number of fused-ring (bicyclic) bond motifs is 1.